The first-order chi connectivity index (χ1) is 8.49. The van der Waals surface area contributed by atoms with Gasteiger partial charge in [-0.1, -0.05) is 0 Å². The van der Waals surface area contributed by atoms with Crippen LogP contribution in [-0.4, -0.2) is 41.1 Å². The van der Waals surface area contributed by atoms with Crippen LogP contribution in [0.25, 0.3) is 0 Å². The first kappa shape index (κ1) is 14.3. The largest absolute Gasteiger partial charge is 0.480 e. The molecule has 2 N–H and O–H groups in total. The number of hydrogen-bond acceptors (Lipinski definition) is 3. The molecule has 0 aromatic heterocycles. The van der Waals surface area contributed by atoms with Gasteiger partial charge in [0.25, 0.3) is 0 Å². The van der Waals surface area contributed by atoms with Crippen molar-refractivity contribution in [1.82, 2.24) is 10.2 Å². The number of nitriles is 1. The summed E-state index contributed by atoms with van der Waals surface area (Å²) in [6.45, 7) is 4.30. The van der Waals surface area contributed by atoms with Gasteiger partial charge in [0.15, 0.2) is 0 Å². The number of nitrogens with zero attached hydrogens (tertiary/aromatic N) is 2. The lowest BCUT2D eigenvalue weighted by molar-refractivity contribution is -0.139. The highest BCUT2D eigenvalue weighted by molar-refractivity contribution is 5.83. The molecule has 6 nitrogen and oxygen atoms in total. The van der Waals surface area contributed by atoms with Crippen molar-refractivity contribution in [3.05, 3.63) is 0 Å². The summed E-state index contributed by atoms with van der Waals surface area (Å²) >= 11 is 0. The second kappa shape index (κ2) is 6.24. The van der Waals surface area contributed by atoms with Crippen LogP contribution in [-0.2, 0) is 4.79 Å². The Morgan fingerprint density at radius 3 is 2.56 bits per heavy atom. The summed E-state index contributed by atoms with van der Waals surface area (Å²) in [5, 5.41) is 20.3. The number of carbonyl (C=O) groups is 2. The van der Waals surface area contributed by atoms with Crippen molar-refractivity contribution < 1.29 is 14.7 Å². The minimum Gasteiger partial charge on any atom is -0.480 e. The summed E-state index contributed by atoms with van der Waals surface area (Å²) in [6.07, 6.45) is 1.69. The number of carbonyl (C=O) groups excluding carboxylic acids is 1. The molecule has 100 valence electrons. The minimum atomic E-state index is -0.991. The van der Waals surface area contributed by atoms with Crippen LogP contribution < -0.4 is 5.32 Å². The molecular weight excluding hydrogens is 234 g/mol. The van der Waals surface area contributed by atoms with E-state index in [0.717, 1.165) is 12.8 Å². The Balaban J connectivity index is 2.55. The quantitative estimate of drug-likeness (QED) is 0.739. The lowest BCUT2D eigenvalue weighted by Crippen LogP contribution is -2.49. The summed E-state index contributed by atoms with van der Waals surface area (Å²) in [4.78, 5) is 24.4. The standard InChI is InChI=1S/C12H19N3O3/c1-3-15(7-8(2)6-13)12(18)14-10(11(16)17)9-4-5-9/h8-10H,3-5,7H2,1-2H3,(H,14,18)(H,16,17). The first-order valence-corrected chi connectivity index (χ1v) is 6.17. The van der Waals surface area contributed by atoms with Gasteiger partial charge in [-0.3, -0.25) is 0 Å². The number of hydrogen-bond donors (Lipinski definition) is 2. The van der Waals surface area contributed by atoms with Crippen LogP contribution in [0.3, 0.4) is 0 Å². The van der Waals surface area contributed by atoms with E-state index >= 15 is 0 Å². The number of urea groups is 1. The number of carboxylic acids is 1. The molecule has 1 rings (SSSR count). The Morgan fingerprint density at radius 2 is 2.17 bits per heavy atom. The fourth-order valence-corrected chi connectivity index (χ4v) is 1.76. The van der Waals surface area contributed by atoms with Gasteiger partial charge >= 0.3 is 12.0 Å². The predicted octanol–water partition coefficient (Wildman–Crippen LogP) is 1.04. The van der Waals surface area contributed by atoms with Crippen molar-refractivity contribution >= 4 is 12.0 Å². The zero-order valence-corrected chi connectivity index (χ0v) is 10.7. The highest BCUT2D eigenvalue weighted by Crippen LogP contribution is 2.32. The fourth-order valence-electron chi connectivity index (χ4n) is 1.76. The SMILES string of the molecule is CCN(CC(C)C#N)C(=O)NC(C(=O)O)C1CC1. The van der Waals surface area contributed by atoms with Gasteiger partial charge in [0.1, 0.15) is 6.04 Å². The van der Waals surface area contributed by atoms with Gasteiger partial charge in [0.2, 0.25) is 0 Å². The number of rotatable bonds is 6. The molecule has 2 atom stereocenters. The zero-order chi connectivity index (χ0) is 13.7. The smallest absolute Gasteiger partial charge is 0.326 e. The van der Waals surface area contributed by atoms with Crippen LogP contribution in [0.1, 0.15) is 26.7 Å². The molecule has 1 fully saturated rings. The van der Waals surface area contributed by atoms with Crippen molar-refractivity contribution in [3.8, 4) is 6.07 Å². The van der Waals surface area contributed by atoms with Crippen molar-refractivity contribution in [2.45, 2.75) is 32.7 Å². The van der Waals surface area contributed by atoms with Gasteiger partial charge in [0, 0.05) is 13.1 Å². The van der Waals surface area contributed by atoms with Gasteiger partial charge in [-0.05, 0) is 32.6 Å². The topological polar surface area (TPSA) is 93.4 Å². The molecule has 0 bridgehead atoms. The summed E-state index contributed by atoms with van der Waals surface area (Å²) in [5.74, 6) is -1.20. The zero-order valence-electron chi connectivity index (χ0n) is 10.7. The van der Waals surface area contributed by atoms with Crippen molar-refractivity contribution in [3.63, 3.8) is 0 Å². The molecule has 1 saturated carbocycles. The maximum atomic E-state index is 11.9. The molecule has 0 spiro atoms. The second-order valence-corrected chi connectivity index (χ2v) is 4.67. The lowest BCUT2D eigenvalue weighted by Gasteiger charge is -2.24. The van der Waals surface area contributed by atoms with Gasteiger partial charge in [0.05, 0.1) is 12.0 Å². The molecule has 0 aliphatic heterocycles. The molecule has 2 amide bonds. The molecule has 2 unspecified atom stereocenters. The average molecular weight is 253 g/mol. The van der Waals surface area contributed by atoms with Crippen LogP contribution in [0.15, 0.2) is 0 Å². The van der Waals surface area contributed by atoms with Gasteiger partial charge in [-0.2, -0.15) is 5.26 Å². The third kappa shape index (κ3) is 3.91. The molecule has 0 saturated heterocycles. The van der Waals surface area contributed by atoms with E-state index in [1.54, 1.807) is 13.8 Å². The Labute approximate surface area is 107 Å². The van der Waals surface area contributed by atoms with Gasteiger partial charge in [-0.25, -0.2) is 9.59 Å². The average Bonchev–Trinajstić information content (AvgIpc) is 3.15. The number of amides is 2. The molecule has 1 aliphatic rings. The maximum absolute atomic E-state index is 11.9. The summed E-state index contributed by atoms with van der Waals surface area (Å²) < 4.78 is 0. The summed E-state index contributed by atoms with van der Waals surface area (Å²) in [5.41, 5.74) is 0. The molecule has 6 heteroatoms. The van der Waals surface area contributed by atoms with E-state index in [2.05, 4.69) is 11.4 Å². The van der Waals surface area contributed by atoms with E-state index in [9.17, 15) is 9.59 Å². The monoisotopic (exact) mass is 253 g/mol. The third-order valence-corrected chi connectivity index (χ3v) is 3.02. The molecule has 1 aliphatic carbocycles. The van der Waals surface area contributed by atoms with E-state index in [1.165, 1.54) is 4.90 Å². The van der Waals surface area contributed by atoms with Gasteiger partial charge < -0.3 is 15.3 Å². The minimum absolute atomic E-state index is 0.0542. The highest BCUT2D eigenvalue weighted by Gasteiger charge is 2.37. The number of nitrogens with one attached hydrogen (secondary N) is 1. The van der Waals surface area contributed by atoms with Gasteiger partial charge in [-0.15, -0.1) is 0 Å². The fraction of sp³-hybridized carbons (Fsp3) is 0.750. The van der Waals surface area contributed by atoms with E-state index in [0.29, 0.717) is 13.1 Å². The van der Waals surface area contributed by atoms with Crippen molar-refractivity contribution in [2.75, 3.05) is 13.1 Å². The molecular formula is C12H19N3O3. The Hall–Kier alpha value is -1.77. The van der Waals surface area contributed by atoms with E-state index in [-0.39, 0.29) is 11.8 Å². The first-order valence-electron chi connectivity index (χ1n) is 6.17. The van der Waals surface area contributed by atoms with E-state index in [1.807, 2.05) is 0 Å². The van der Waals surface area contributed by atoms with Crippen LogP contribution in [0.5, 0.6) is 0 Å². The van der Waals surface area contributed by atoms with Crippen molar-refractivity contribution in [2.24, 2.45) is 11.8 Å². The van der Waals surface area contributed by atoms with Crippen LogP contribution in [0.4, 0.5) is 4.79 Å². The van der Waals surface area contributed by atoms with Crippen molar-refractivity contribution in [1.29, 1.82) is 5.26 Å². The normalized spacial score (nSPS) is 17.4. The third-order valence-electron chi connectivity index (χ3n) is 3.02. The van der Waals surface area contributed by atoms with E-state index < -0.39 is 18.0 Å². The Kier molecular flexibility index (Phi) is 4.95. The lowest BCUT2D eigenvalue weighted by atomic mass is 10.2. The second-order valence-electron chi connectivity index (χ2n) is 4.67. The number of aliphatic carboxylic acids is 1. The predicted molar refractivity (Wildman–Crippen MR) is 64.7 cm³/mol. The summed E-state index contributed by atoms with van der Waals surface area (Å²) in [6, 6.07) is 0.852. The number of carboxylic acid groups (broad SMARTS) is 1. The molecule has 18 heavy (non-hydrogen) atoms. The summed E-state index contributed by atoms with van der Waals surface area (Å²) in [7, 11) is 0. The molecule has 0 heterocycles. The van der Waals surface area contributed by atoms with Crippen LogP contribution in [0, 0.1) is 23.2 Å². The molecule has 0 aromatic rings. The molecule has 0 aromatic carbocycles. The van der Waals surface area contributed by atoms with Crippen LogP contribution in [0.2, 0.25) is 0 Å². The highest BCUT2D eigenvalue weighted by atomic mass is 16.4. The van der Waals surface area contributed by atoms with E-state index in [4.69, 9.17) is 10.4 Å². The van der Waals surface area contributed by atoms with Crippen LogP contribution >= 0.6 is 0 Å². The Bertz CT molecular complexity index is 360. The Morgan fingerprint density at radius 1 is 1.56 bits per heavy atom. The molecule has 0 radical (unpaired) electrons. The maximum Gasteiger partial charge on any atom is 0.326 e.